The standard InChI is InChI=1S/C24H33ClN4O2/c1-6-29(19-7-9-28(5)10-8-19)22-13-18(25)12-20(17(22)4)23(30)26-14-21-15(2)11-16(3)27-24(21)31/h11-13,19H,6-10,14H2,1-5H3,(H,26,30)(H,27,31). The summed E-state index contributed by atoms with van der Waals surface area (Å²) in [6.45, 7) is 11.0. The van der Waals surface area contributed by atoms with Gasteiger partial charge in [-0.05, 0) is 90.0 Å². The average Bonchev–Trinajstić information content (AvgIpc) is 2.71. The van der Waals surface area contributed by atoms with Crippen molar-refractivity contribution in [1.82, 2.24) is 15.2 Å². The first kappa shape index (κ1) is 23.4. The number of amides is 1. The Morgan fingerprint density at radius 3 is 2.52 bits per heavy atom. The molecule has 2 N–H and O–H groups in total. The predicted octanol–water partition coefficient (Wildman–Crippen LogP) is 3.80. The number of benzene rings is 1. The van der Waals surface area contributed by atoms with E-state index in [1.165, 1.54) is 0 Å². The van der Waals surface area contributed by atoms with Crippen LogP contribution in [0.5, 0.6) is 0 Å². The number of anilines is 1. The molecule has 0 spiro atoms. The highest BCUT2D eigenvalue weighted by molar-refractivity contribution is 6.31. The van der Waals surface area contributed by atoms with Crippen LogP contribution in [0.25, 0.3) is 0 Å². The van der Waals surface area contributed by atoms with Gasteiger partial charge in [0.2, 0.25) is 0 Å². The lowest BCUT2D eigenvalue weighted by Gasteiger charge is -2.39. The second-order valence-electron chi connectivity index (χ2n) is 8.54. The molecular weight excluding hydrogens is 412 g/mol. The maximum atomic E-state index is 13.1. The molecule has 0 bridgehead atoms. The summed E-state index contributed by atoms with van der Waals surface area (Å²) in [4.78, 5) is 32.9. The Labute approximate surface area is 189 Å². The second kappa shape index (κ2) is 9.88. The summed E-state index contributed by atoms with van der Waals surface area (Å²) in [5.74, 6) is -0.222. The van der Waals surface area contributed by atoms with E-state index in [4.69, 9.17) is 11.6 Å². The third kappa shape index (κ3) is 5.31. The quantitative estimate of drug-likeness (QED) is 0.711. The van der Waals surface area contributed by atoms with Crippen molar-refractivity contribution in [2.45, 2.75) is 53.1 Å². The molecule has 3 rings (SSSR count). The van der Waals surface area contributed by atoms with Crippen molar-refractivity contribution in [2.24, 2.45) is 0 Å². The van der Waals surface area contributed by atoms with Gasteiger partial charge in [0.25, 0.3) is 11.5 Å². The molecule has 31 heavy (non-hydrogen) atoms. The molecule has 2 heterocycles. The molecule has 0 aliphatic carbocycles. The maximum absolute atomic E-state index is 13.1. The number of carbonyl (C=O) groups is 1. The van der Waals surface area contributed by atoms with Crippen LogP contribution in [0.15, 0.2) is 23.0 Å². The number of aromatic amines is 1. The lowest BCUT2D eigenvalue weighted by atomic mass is 9.99. The van der Waals surface area contributed by atoms with E-state index < -0.39 is 0 Å². The van der Waals surface area contributed by atoms with E-state index >= 15 is 0 Å². The van der Waals surface area contributed by atoms with Gasteiger partial charge in [0.1, 0.15) is 0 Å². The number of hydrogen-bond acceptors (Lipinski definition) is 4. The Kier molecular flexibility index (Phi) is 7.44. The van der Waals surface area contributed by atoms with Gasteiger partial charge in [0.05, 0.1) is 0 Å². The lowest BCUT2D eigenvalue weighted by Crippen LogP contribution is -2.44. The van der Waals surface area contributed by atoms with E-state index in [1.54, 1.807) is 6.07 Å². The average molecular weight is 445 g/mol. The molecule has 0 atom stereocenters. The van der Waals surface area contributed by atoms with Crippen LogP contribution < -0.4 is 15.8 Å². The minimum Gasteiger partial charge on any atom is -0.368 e. The van der Waals surface area contributed by atoms with E-state index in [0.717, 1.165) is 55.0 Å². The Bertz CT molecular complexity index is 1010. The van der Waals surface area contributed by atoms with E-state index in [2.05, 4.69) is 34.1 Å². The fraction of sp³-hybridized carbons (Fsp3) is 0.500. The van der Waals surface area contributed by atoms with E-state index in [-0.39, 0.29) is 18.0 Å². The predicted molar refractivity (Wildman–Crippen MR) is 127 cm³/mol. The number of aryl methyl sites for hydroxylation is 2. The van der Waals surface area contributed by atoms with E-state index in [0.29, 0.717) is 22.2 Å². The van der Waals surface area contributed by atoms with Crippen molar-refractivity contribution < 1.29 is 4.79 Å². The lowest BCUT2D eigenvalue weighted by molar-refractivity contribution is 0.0950. The molecule has 1 amide bonds. The number of likely N-dealkylation sites (tertiary alicyclic amines) is 1. The van der Waals surface area contributed by atoms with Crippen LogP contribution in [0.1, 0.15) is 52.5 Å². The van der Waals surface area contributed by atoms with Crippen LogP contribution in [-0.4, -0.2) is 48.5 Å². The Balaban J connectivity index is 1.84. The number of pyridine rings is 1. The second-order valence-corrected chi connectivity index (χ2v) is 8.98. The summed E-state index contributed by atoms with van der Waals surface area (Å²) in [7, 11) is 2.15. The highest BCUT2D eigenvalue weighted by Gasteiger charge is 2.25. The van der Waals surface area contributed by atoms with Crippen LogP contribution in [0.2, 0.25) is 5.02 Å². The summed E-state index contributed by atoms with van der Waals surface area (Å²) in [5, 5.41) is 3.45. The number of halogens is 1. The number of rotatable bonds is 6. The van der Waals surface area contributed by atoms with Gasteiger partial charge >= 0.3 is 0 Å². The molecule has 6 nitrogen and oxygen atoms in total. The largest absolute Gasteiger partial charge is 0.368 e. The van der Waals surface area contributed by atoms with Crippen LogP contribution in [0.4, 0.5) is 5.69 Å². The SMILES string of the molecule is CCN(c1cc(Cl)cc(C(=O)NCc2c(C)cc(C)[nH]c2=O)c1C)C1CCN(C)CC1. The molecule has 1 aliphatic heterocycles. The number of piperidine rings is 1. The molecule has 2 aromatic rings. The minimum absolute atomic E-state index is 0.166. The van der Waals surface area contributed by atoms with Crippen molar-refractivity contribution >= 4 is 23.2 Å². The molecule has 168 valence electrons. The van der Waals surface area contributed by atoms with Gasteiger partial charge in [0, 0.05) is 46.7 Å². The number of hydrogen-bond donors (Lipinski definition) is 2. The number of nitrogens with zero attached hydrogens (tertiary/aromatic N) is 2. The molecule has 1 aromatic carbocycles. The molecule has 0 saturated carbocycles. The van der Waals surface area contributed by atoms with Crippen molar-refractivity contribution in [2.75, 3.05) is 31.6 Å². The fourth-order valence-electron chi connectivity index (χ4n) is 4.50. The monoisotopic (exact) mass is 444 g/mol. The number of aromatic nitrogens is 1. The van der Waals surface area contributed by atoms with E-state index in [9.17, 15) is 9.59 Å². The summed E-state index contributed by atoms with van der Waals surface area (Å²) < 4.78 is 0. The number of H-pyrrole nitrogens is 1. The summed E-state index contributed by atoms with van der Waals surface area (Å²) in [5.41, 5.74) is 4.55. The van der Waals surface area contributed by atoms with Crippen LogP contribution in [0.3, 0.4) is 0 Å². The van der Waals surface area contributed by atoms with Crippen molar-refractivity contribution in [1.29, 1.82) is 0 Å². The molecule has 0 radical (unpaired) electrons. The Morgan fingerprint density at radius 1 is 1.23 bits per heavy atom. The third-order valence-corrected chi connectivity index (χ3v) is 6.51. The summed E-state index contributed by atoms with van der Waals surface area (Å²) in [6.07, 6.45) is 2.18. The van der Waals surface area contributed by atoms with Crippen molar-refractivity contribution in [3.05, 3.63) is 61.5 Å². The first-order valence-corrected chi connectivity index (χ1v) is 11.3. The third-order valence-electron chi connectivity index (χ3n) is 6.29. The number of nitrogens with one attached hydrogen (secondary N) is 2. The Morgan fingerprint density at radius 2 is 1.90 bits per heavy atom. The highest BCUT2D eigenvalue weighted by Crippen LogP contribution is 2.31. The van der Waals surface area contributed by atoms with Crippen molar-refractivity contribution in [3.8, 4) is 0 Å². The van der Waals surface area contributed by atoms with Gasteiger partial charge in [-0.1, -0.05) is 11.6 Å². The zero-order chi connectivity index (χ0) is 22.7. The Hall–Kier alpha value is -2.31. The van der Waals surface area contributed by atoms with E-state index in [1.807, 2.05) is 32.9 Å². The van der Waals surface area contributed by atoms with Gasteiger partial charge in [-0.2, -0.15) is 0 Å². The fourth-order valence-corrected chi connectivity index (χ4v) is 4.71. The van der Waals surface area contributed by atoms with Gasteiger partial charge in [-0.3, -0.25) is 9.59 Å². The van der Waals surface area contributed by atoms with Gasteiger partial charge in [-0.25, -0.2) is 0 Å². The molecular formula is C24H33ClN4O2. The summed E-state index contributed by atoms with van der Waals surface area (Å²) in [6, 6.07) is 6.02. The molecule has 1 aromatic heterocycles. The minimum atomic E-state index is -0.222. The van der Waals surface area contributed by atoms with Crippen molar-refractivity contribution in [3.63, 3.8) is 0 Å². The first-order valence-electron chi connectivity index (χ1n) is 10.9. The smallest absolute Gasteiger partial charge is 0.253 e. The normalized spacial score (nSPS) is 15.2. The molecule has 1 saturated heterocycles. The zero-order valence-electron chi connectivity index (χ0n) is 19.1. The summed E-state index contributed by atoms with van der Waals surface area (Å²) >= 11 is 6.44. The highest BCUT2D eigenvalue weighted by atomic mass is 35.5. The van der Waals surface area contributed by atoms with Crippen LogP contribution in [-0.2, 0) is 6.54 Å². The van der Waals surface area contributed by atoms with Gasteiger partial charge in [-0.15, -0.1) is 0 Å². The van der Waals surface area contributed by atoms with Gasteiger partial charge < -0.3 is 20.1 Å². The van der Waals surface area contributed by atoms with Crippen LogP contribution >= 0.6 is 11.6 Å². The topological polar surface area (TPSA) is 68.4 Å². The van der Waals surface area contributed by atoms with Gasteiger partial charge in [0.15, 0.2) is 0 Å². The molecule has 1 aliphatic rings. The number of carbonyl (C=O) groups excluding carboxylic acids is 1. The maximum Gasteiger partial charge on any atom is 0.253 e. The molecule has 0 unspecified atom stereocenters. The van der Waals surface area contributed by atoms with Crippen LogP contribution in [0, 0.1) is 20.8 Å². The first-order chi connectivity index (χ1) is 14.7. The molecule has 1 fully saturated rings. The molecule has 7 heteroatoms. The zero-order valence-corrected chi connectivity index (χ0v) is 19.9.